The molecular formula is C28H22N4O. The minimum Gasteiger partial charge on any atom is -0.321 e. The van der Waals surface area contributed by atoms with Crippen molar-refractivity contribution < 1.29 is 4.79 Å². The molecule has 2 N–H and O–H groups in total. The van der Waals surface area contributed by atoms with Crippen LogP contribution in [-0.2, 0) is 12.8 Å². The van der Waals surface area contributed by atoms with Gasteiger partial charge in [0.15, 0.2) is 5.69 Å². The van der Waals surface area contributed by atoms with E-state index in [1.165, 1.54) is 11.1 Å². The molecule has 0 atom stereocenters. The third-order valence-corrected chi connectivity index (χ3v) is 6.22. The highest BCUT2D eigenvalue weighted by Gasteiger charge is 2.16. The average Bonchev–Trinajstić information content (AvgIpc) is 3.28. The summed E-state index contributed by atoms with van der Waals surface area (Å²) in [5.41, 5.74) is 8.73. The lowest BCUT2D eigenvalue weighted by atomic mass is 9.98. The van der Waals surface area contributed by atoms with Crippen LogP contribution in [0.3, 0.4) is 0 Å². The molecule has 0 spiro atoms. The minimum atomic E-state index is -0.239. The lowest BCUT2D eigenvalue weighted by Crippen LogP contribution is -2.12. The Morgan fingerprint density at radius 3 is 2.45 bits per heavy atom. The fourth-order valence-electron chi connectivity index (χ4n) is 4.52. The van der Waals surface area contributed by atoms with Crippen molar-refractivity contribution in [1.29, 1.82) is 0 Å². The van der Waals surface area contributed by atoms with Crippen molar-refractivity contribution in [1.82, 2.24) is 15.2 Å². The summed E-state index contributed by atoms with van der Waals surface area (Å²) < 4.78 is 0. The van der Waals surface area contributed by atoms with Crippen LogP contribution in [0.5, 0.6) is 0 Å². The van der Waals surface area contributed by atoms with E-state index >= 15 is 0 Å². The molecular weight excluding hydrogens is 408 g/mol. The number of carbonyl (C=O) groups is 1. The van der Waals surface area contributed by atoms with Gasteiger partial charge in [-0.2, -0.15) is 5.10 Å². The fraction of sp³-hybridized carbons (Fsp3) is 0.107. The molecule has 0 aliphatic carbocycles. The van der Waals surface area contributed by atoms with E-state index in [4.69, 9.17) is 0 Å². The molecule has 1 amide bonds. The van der Waals surface area contributed by atoms with E-state index in [1.807, 2.05) is 48.8 Å². The Kier molecular flexibility index (Phi) is 4.73. The second-order valence-electron chi connectivity index (χ2n) is 8.50. The van der Waals surface area contributed by atoms with Crippen molar-refractivity contribution in [3.8, 4) is 22.3 Å². The van der Waals surface area contributed by atoms with E-state index in [1.54, 1.807) is 0 Å². The molecule has 1 aliphatic rings. The number of aryl methyl sites for hydroxylation is 2. The van der Waals surface area contributed by atoms with Gasteiger partial charge in [0.2, 0.25) is 0 Å². The van der Waals surface area contributed by atoms with Gasteiger partial charge in [0.25, 0.3) is 5.91 Å². The topological polar surface area (TPSA) is 70.7 Å². The quantitative estimate of drug-likeness (QED) is 0.315. The number of carbonyl (C=O) groups excluding carboxylic acids is 1. The Bertz CT molecular complexity index is 1500. The van der Waals surface area contributed by atoms with Crippen LogP contribution in [0.2, 0.25) is 0 Å². The highest BCUT2D eigenvalue weighted by atomic mass is 16.1. The molecule has 0 saturated carbocycles. The zero-order valence-corrected chi connectivity index (χ0v) is 18.0. The summed E-state index contributed by atoms with van der Waals surface area (Å²) in [7, 11) is 0. The molecule has 1 aliphatic heterocycles. The van der Waals surface area contributed by atoms with Gasteiger partial charge in [0, 0.05) is 29.0 Å². The number of amides is 1. The van der Waals surface area contributed by atoms with Gasteiger partial charge in [0.1, 0.15) is 0 Å². The number of fused-ring (bicyclic) bond motifs is 9. The molecule has 5 nitrogen and oxygen atoms in total. The molecule has 2 aromatic heterocycles. The maximum Gasteiger partial charge on any atom is 0.276 e. The lowest BCUT2D eigenvalue weighted by molar-refractivity contribution is 0.102. The molecule has 5 heteroatoms. The number of rotatable bonds is 0. The number of pyridine rings is 1. The van der Waals surface area contributed by atoms with Gasteiger partial charge in [0.05, 0.1) is 5.52 Å². The third kappa shape index (κ3) is 3.78. The molecule has 5 aromatic rings. The molecule has 3 aromatic carbocycles. The van der Waals surface area contributed by atoms with E-state index in [-0.39, 0.29) is 5.91 Å². The normalized spacial score (nSPS) is 13.4. The lowest BCUT2D eigenvalue weighted by Gasteiger charge is -2.10. The van der Waals surface area contributed by atoms with Crippen LogP contribution in [0.25, 0.3) is 33.2 Å². The number of aromatic amines is 1. The first kappa shape index (κ1) is 19.4. The van der Waals surface area contributed by atoms with Crippen molar-refractivity contribution in [2.24, 2.45) is 0 Å². The fourth-order valence-corrected chi connectivity index (χ4v) is 4.52. The van der Waals surface area contributed by atoms with E-state index < -0.39 is 0 Å². The van der Waals surface area contributed by atoms with E-state index in [0.717, 1.165) is 58.1 Å². The molecule has 0 radical (unpaired) electrons. The number of nitrogens with one attached hydrogen (secondary N) is 2. The first-order valence-electron chi connectivity index (χ1n) is 11.2. The molecule has 8 bridgehead atoms. The summed E-state index contributed by atoms with van der Waals surface area (Å²) in [6, 6.07) is 24.8. The predicted octanol–water partition coefficient (Wildman–Crippen LogP) is 6.03. The number of aromatic nitrogens is 3. The Morgan fingerprint density at radius 2 is 1.52 bits per heavy atom. The summed E-state index contributed by atoms with van der Waals surface area (Å²) in [5.74, 6) is -0.239. The Labute approximate surface area is 191 Å². The predicted molar refractivity (Wildman–Crippen MR) is 131 cm³/mol. The van der Waals surface area contributed by atoms with Crippen molar-refractivity contribution >= 4 is 22.5 Å². The first-order chi connectivity index (χ1) is 16.2. The summed E-state index contributed by atoms with van der Waals surface area (Å²) in [5, 5.41) is 11.1. The summed E-state index contributed by atoms with van der Waals surface area (Å²) in [4.78, 5) is 17.6. The highest BCUT2D eigenvalue weighted by Crippen LogP contribution is 2.28. The zero-order chi connectivity index (χ0) is 22.2. The second kappa shape index (κ2) is 8.02. The number of nitrogens with zero attached hydrogens (tertiary/aromatic N) is 2. The SMILES string of the molecule is O=C1Nc2cccc(c2)-c2cccc(c2)CCCc2cncc(c2)-c2ccc3[nH]nc1c3c2. The molecule has 6 rings (SSSR count). The van der Waals surface area contributed by atoms with E-state index in [2.05, 4.69) is 56.9 Å². The standard InChI is InChI=1S/C28H22N4O/c33-28-27-25-15-22(10-11-26(25)31-32-27)23-13-19(16-29-17-23)6-1-4-18-5-2-7-20(12-18)21-8-3-9-24(14-21)30-28/h2-3,5,7-17H,1,4,6H2,(H,30,33)(H,31,32). The Morgan fingerprint density at radius 1 is 0.727 bits per heavy atom. The molecule has 160 valence electrons. The van der Waals surface area contributed by atoms with Gasteiger partial charge in [-0.25, -0.2) is 0 Å². The maximum absolute atomic E-state index is 13.1. The molecule has 0 saturated heterocycles. The van der Waals surface area contributed by atoms with Crippen molar-refractivity contribution in [3.05, 3.63) is 102 Å². The van der Waals surface area contributed by atoms with E-state index in [9.17, 15) is 4.79 Å². The smallest absolute Gasteiger partial charge is 0.276 e. The largest absolute Gasteiger partial charge is 0.321 e. The number of anilines is 1. The van der Waals surface area contributed by atoms with Crippen LogP contribution in [0.4, 0.5) is 5.69 Å². The monoisotopic (exact) mass is 430 g/mol. The Balaban J connectivity index is 1.49. The molecule has 33 heavy (non-hydrogen) atoms. The number of benzene rings is 3. The van der Waals surface area contributed by atoms with Crippen molar-refractivity contribution in [3.63, 3.8) is 0 Å². The minimum absolute atomic E-state index is 0.239. The van der Waals surface area contributed by atoms with Crippen LogP contribution in [0.15, 0.2) is 85.2 Å². The van der Waals surface area contributed by atoms with Crippen LogP contribution >= 0.6 is 0 Å². The van der Waals surface area contributed by atoms with Gasteiger partial charge in [-0.05, 0) is 77.4 Å². The molecule has 0 unspecified atom stereocenters. The number of H-pyrrole nitrogens is 1. The van der Waals surface area contributed by atoms with Crippen molar-refractivity contribution in [2.45, 2.75) is 19.3 Å². The second-order valence-corrected chi connectivity index (χ2v) is 8.50. The number of hydrogen-bond donors (Lipinski definition) is 2. The van der Waals surface area contributed by atoms with Gasteiger partial charge >= 0.3 is 0 Å². The van der Waals surface area contributed by atoms with E-state index in [0.29, 0.717) is 5.69 Å². The molecule has 0 fully saturated rings. The third-order valence-electron chi connectivity index (χ3n) is 6.22. The average molecular weight is 431 g/mol. The van der Waals surface area contributed by atoms with Crippen LogP contribution < -0.4 is 5.32 Å². The summed E-state index contributed by atoms with van der Waals surface area (Å²) in [6.45, 7) is 0. The summed E-state index contributed by atoms with van der Waals surface area (Å²) >= 11 is 0. The van der Waals surface area contributed by atoms with Gasteiger partial charge in [-0.1, -0.05) is 42.5 Å². The summed E-state index contributed by atoms with van der Waals surface area (Å²) in [6.07, 6.45) is 6.83. The van der Waals surface area contributed by atoms with Gasteiger partial charge in [-0.3, -0.25) is 14.9 Å². The molecule has 3 heterocycles. The Hall–Kier alpha value is -4.25. The maximum atomic E-state index is 13.1. The zero-order valence-electron chi connectivity index (χ0n) is 18.0. The number of hydrogen-bond acceptors (Lipinski definition) is 3. The van der Waals surface area contributed by atoms with Gasteiger partial charge < -0.3 is 5.32 Å². The van der Waals surface area contributed by atoms with Gasteiger partial charge in [-0.15, -0.1) is 0 Å². The highest BCUT2D eigenvalue weighted by molar-refractivity contribution is 6.11. The van der Waals surface area contributed by atoms with Crippen LogP contribution in [0.1, 0.15) is 28.0 Å². The van der Waals surface area contributed by atoms with Crippen LogP contribution in [-0.4, -0.2) is 21.1 Å². The van der Waals surface area contributed by atoms with Crippen LogP contribution in [0, 0.1) is 0 Å². The van der Waals surface area contributed by atoms with Crippen molar-refractivity contribution in [2.75, 3.05) is 5.32 Å². The first-order valence-corrected chi connectivity index (χ1v) is 11.2.